The summed E-state index contributed by atoms with van der Waals surface area (Å²) >= 11 is 0. The first kappa shape index (κ1) is 12.8. The van der Waals surface area contributed by atoms with Crippen molar-refractivity contribution in [2.24, 2.45) is 0 Å². The summed E-state index contributed by atoms with van der Waals surface area (Å²) in [5, 5.41) is 20.8. The Morgan fingerprint density at radius 2 is 1.57 bits per heavy atom. The zero-order valence-corrected chi connectivity index (χ0v) is 10.5. The van der Waals surface area contributed by atoms with E-state index in [4.69, 9.17) is 5.73 Å². The van der Waals surface area contributed by atoms with E-state index in [9.17, 15) is 24.8 Å². The van der Waals surface area contributed by atoms with Gasteiger partial charge in [-0.05, 0) is 0 Å². The van der Waals surface area contributed by atoms with E-state index >= 15 is 0 Å². The average Bonchev–Trinajstić information content (AvgIpc) is 2.46. The van der Waals surface area contributed by atoms with Crippen LogP contribution in [0, 0.1) is 10.1 Å². The number of nitrogen functional groups attached to an aromatic ring is 1. The van der Waals surface area contributed by atoms with Gasteiger partial charge in [0.2, 0.25) is 0 Å². The molecule has 0 radical (unpaired) electrons. The van der Waals surface area contributed by atoms with Crippen LogP contribution in [0.4, 0.5) is 11.4 Å². The van der Waals surface area contributed by atoms with Gasteiger partial charge in [-0.15, -0.1) is 0 Å². The van der Waals surface area contributed by atoms with Gasteiger partial charge in [-0.3, -0.25) is 19.7 Å². The van der Waals surface area contributed by atoms with Gasteiger partial charge in [0.25, 0.3) is 5.69 Å². The van der Waals surface area contributed by atoms with Gasteiger partial charge in [0, 0.05) is 11.1 Å². The fraction of sp³-hybridized carbons (Fsp3) is 0. The first-order chi connectivity index (χ1) is 9.93. The predicted molar refractivity (Wildman–Crippen MR) is 72.5 cm³/mol. The molecule has 0 atom stereocenters. The minimum atomic E-state index is -0.812. The molecular formula is C14H8N2O5. The van der Waals surface area contributed by atoms with Crippen molar-refractivity contribution < 1.29 is 19.6 Å². The zero-order valence-electron chi connectivity index (χ0n) is 10.5. The van der Waals surface area contributed by atoms with Gasteiger partial charge in [0.05, 0.1) is 22.1 Å². The second-order valence-electron chi connectivity index (χ2n) is 4.54. The molecular weight excluding hydrogens is 276 g/mol. The highest BCUT2D eigenvalue weighted by Gasteiger charge is 2.36. The minimum absolute atomic E-state index is 0.113. The van der Waals surface area contributed by atoms with Gasteiger partial charge in [-0.25, -0.2) is 0 Å². The molecule has 0 saturated heterocycles. The number of nitro benzene ring substituents is 1. The van der Waals surface area contributed by atoms with Crippen LogP contribution in [0.5, 0.6) is 5.75 Å². The lowest BCUT2D eigenvalue weighted by atomic mass is 9.82. The van der Waals surface area contributed by atoms with Crippen LogP contribution in [-0.4, -0.2) is 21.6 Å². The lowest BCUT2D eigenvalue weighted by Gasteiger charge is -2.19. The number of ketones is 2. The highest BCUT2D eigenvalue weighted by molar-refractivity contribution is 6.31. The summed E-state index contributed by atoms with van der Waals surface area (Å²) < 4.78 is 0. The smallest absolute Gasteiger partial charge is 0.296 e. The molecule has 0 aliphatic heterocycles. The highest BCUT2D eigenvalue weighted by atomic mass is 16.6. The molecule has 0 bridgehead atoms. The molecule has 2 aromatic rings. The third kappa shape index (κ3) is 1.61. The van der Waals surface area contributed by atoms with Crippen molar-refractivity contribution in [2.45, 2.75) is 0 Å². The summed E-state index contributed by atoms with van der Waals surface area (Å²) in [6.07, 6.45) is 0. The molecule has 1 aliphatic carbocycles. The van der Waals surface area contributed by atoms with E-state index in [0.29, 0.717) is 0 Å². The van der Waals surface area contributed by atoms with Crippen molar-refractivity contribution in [1.82, 2.24) is 0 Å². The summed E-state index contributed by atoms with van der Waals surface area (Å²) in [6.45, 7) is 0. The molecule has 0 unspecified atom stereocenters. The molecule has 3 N–H and O–H groups in total. The van der Waals surface area contributed by atoms with E-state index in [0.717, 1.165) is 6.07 Å². The Bertz CT molecular complexity index is 841. The third-order valence-corrected chi connectivity index (χ3v) is 3.39. The monoisotopic (exact) mass is 284 g/mol. The fourth-order valence-corrected chi connectivity index (χ4v) is 2.44. The van der Waals surface area contributed by atoms with Gasteiger partial charge in [-0.1, -0.05) is 24.3 Å². The Labute approximate surface area is 117 Å². The van der Waals surface area contributed by atoms with Crippen LogP contribution in [0.1, 0.15) is 31.8 Å². The largest absolute Gasteiger partial charge is 0.507 e. The maximum atomic E-state index is 12.4. The first-order valence-electron chi connectivity index (χ1n) is 5.91. The number of rotatable bonds is 1. The lowest BCUT2D eigenvalue weighted by molar-refractivity contribution is -0.384. The number of nitrogens with two attached hydrogens (primary N) is 1. The van der Waals surface area contributed by atoms with Crippen LogP contribution in [0.25, 0.3) is 0 Å². The van der Waals surface area contributed by atoms with E-state index in [1.807, 2.05) is 0 Å². The molecule has 7 nitrogen and oxygen atoms in total. The van der Waals surface area contributed by atoms with Gasteiger partial charge < -0.3 is 10.8 Å². The number of anilines is 1. The number of carbonyl (C=O) groups excluding carboxylic acids is 2. The maximum absolute atomic E-state index is 12.4. The lowest BCUT2D eigenvalue weighted by Crippen LogP contribution is -2.23. The zero-order chi connectivity index (χ0) is 15.3. The molecule has 0 heterocycles. The number of benzene rings is 2. The predicted octanol–water partition coefficient (Wildman–Crippen LogP) is 1.66. The Morgan fingerprint density at radius 3 is 2.10 bits per heavy atom. The van der Waals surface area contributed by atoms with Gasteiger partial charge in [0.1, 0.15) is 11.4 Å². The highest BCUT2D eigenvalue weighted by Crippen LogP contribution is 2.40. The number of phenols is 1. The van der Waals surface area contributed by atoms with Gasteiger partial charge >= 0.3 is 0 Å². The summed E-state index contributed by atoms with van der Waals surface area (Å²) in [6, 6.07) is 6.83. The van der Waals surface area contributed by atoms with E-state index in [1.165, 1.54) is 12.1 Å². The van der Waals surface area contributed by atoms with Crippen LogP contribution in [0.2, 0.25) is 0 Å². The molecule has 0 saturated carbocycles. The quantitative estimate of drug-likeness (QED) is 0.303. The standard InChI is InChI=1S/C14H8N2O5/c15-12-8(16(20)21)5-9(17)10-11(12)14(19)7-4-2-1-3-6(7)13(10)18/h1-5,17H,15H2. The SMILES string of the molecule is Nc1c([N+](=O)[O-])cc(O)c2c1C(=O)c1ccccc1C2=O. The molecule has 7 heteroatoms. The second kappa shape index (κ2) is 4.14. The normalized spacial score (nSPS) is 12.8. The Balaban J connectivity index is 2.41. The van der Waals surface area contributed by atoms with E-state index < -0.39 is 33.6 Å². The summed E-state index contributed by atoms with van der Waals surface area (Å²) in [7, 11) is 0. The maximum Gasteiger partial charge on any atom is 0.296 e. The molecule has 0 fully saturated rings. The van der Waals surface area contributed by atoms with Crippen molar-refractivity contribution in [3.8, 4) is 5.75 Å². The Hall–Kier alpha value is -3.22. The molecule has 104 valence electrons. The number of phenolic OH excluding ortho intramolecular Hbond substituents is 1. The molecule has 0 aromatic heterocycles. The second-order valence-corrected chi connectivity index (χ2v) is 4.54. The molecule has 3 rings (SSSR count). The topological polar surface area (TPSA) is 124 Å². The molecule has 0 spiro atoms. The van der Waals surface area contributed by atoms with Crippen LogP contribution >= 0.6 is 0 Å². The van der Waals surface area contributed by atoms with Crippen LogP contribution in [0.3, 0.4) is 0 Å². The molecule has 1 aliphatic rings. The van der Waals surface area contributed by atoms with Gasteiger partial charge in [-0.2, -0.15) is 0 Å². The fourth-order valence-electron chi connectivity index (χ4n) is 2.44. The number of hydrogen-bond acceptors (Lipinski definition) is 6. The molecule has 21 heavy (non-hydrogen) atoms. The Morgan fingerprint density at radius 1 is 1.05 bits per heavy atom. The van der Waals surface area contributed by atoms with Crippen molar-refractivity contribution in [2.75, 3.05) is 5.73 Å². The third-order valence-electron chi connectivity index (χ3n) is 3.39. The van der Waals surface area contributed by atoms with Crippen molar-refractivity contribution in [3.05, 3.63) is 62.7 Å². The molecule has 0 amide bonds. The summed E-state index contributed by atoms with van der Waals surface area (Å²) in [4.78, 5) is 34.9. The first-order valence-corrected chi connectivity index (χ1v) is 5.91. The minimum Gasteiger partial charge on any atom is -0.507 e. The van der Waals surface area contributed by atoms with Crippen molar-refractivity contribution in [3.63, 3.8) is 0 Å². The number of nitrogens with zero attached hydrogens (tertiary/aromatic N) is 1. The van der Waals surface area contributed by atoms with E-state index in [2.05, 4.69) is 0 Å². The van der Waals surface area contributed by atoms with Crippen molar-refractivity contribution >= 4 is 22.9 Å². The number of fused-ring (bicyclic) bond motifs is 2. The van der Waals surface area contributed by atoms with Gasteiger partial charge in [0.15, 0.2) is 11.6 Å². The summed E-state index contributed by atoms with van der Waals surface area (Å²) in [5.74, 6) is -1.82. The number of carbonyl (C=O) groups is 2. The van der Waals surface area contributed by atoms with Crippen LogP contribution in [0.15, 0.2) is 30.3 Å². The number of aromatic hydroxyl groups is 1. The Kier molecular flexibility index (Phi) is 2.52. The summed E-state index contributed by atoms with van der Waals surface area (Å²) in [5.41, 5.74) is 4.28. The molecule has 2 aromatic carbocycles. The van der Waals surface area contributed by atoms with Crippen molar-refractivity contribution in [1.29, 1.82) is 0 Å². The van der Waals surface area contributed by atoms with E-state index in [1.54, 1.807) is 12.1 Å². The van der Waals surface area contributed by atoms with E-state index in [-0.39, 0.29) is 22.3 Å². The number of hydrogen-bond donors (Lipinski definition) is 2. The average molecular weight is 284 g/mol. The van der Waals surface area contributed by atoms with Crippen LogP contribution < -0.4 is 5.73 Å². The van der Waals surface area contributed by atoms with Crippen LogP contribution in [-0.2, 0) is 0 Å². The number of nitro groups is 1.